The zero-order valence-corrected chi connectivity index (χ0v) is 21.3. The van der Waals surface area contributed by atoms with Crippen molar-refractivity contribution in [2.45, 2.75) is 52.1 Å². The number of hydrogen-bond donors (Lipinski definition) is 4. The fourth-order valence-corrected chi connectivity index (χ4v) is 4.54. The van der Waals surface area contributed by atoms with Crippen LogP contribution in [0.5, 0.6) is 11.5 Å². The molecular formula is C27H34ClN5O2. The van der Waals surface area contributed by atoms with Gasteiger partial charge in [-0.3, -0.25) is 0 Å². The normalized spacial score (nSPS) is 14.2. The summed E-state index contributed by atoms with van der Waals surface area (Å²) in [7, 11) is 0. The van der Waals surface area contributed by atoms with E-state index in [2.05, 4.69) is 45.0 Å². The Morgan fingerprint density at radius 3 is 2.63 bits per heavy atom. The number of nitrogens with zero attached hydrogens (tertiary/aromatic N) is 2. The van der Waals surface area contributed by atoms with Crippen LogP contribution in [-0.4, -0.2) is 40.8 Å². The molecule has 3 aromatic rings. The number of nitrogens with one attached hydrogen (secondary N) is 3. The highest BCUT2D eigenvalue weighted by Crippen LogP contribution is 2.37. The van der Waals surface area contributed by atoms with E-state index in [0.29, 0.717) is 29.3 Å². The number of aromatic nitrogens is 2. The van der Waals surface area contributed by atoms with Crippen molar-refractivity contribution in [3.8, 4) is 11.5 Å². The molecule has 1 aliphatic rings. The number of aryl methyl sites for hydroxylation is 1. The monoisotopic (exact) mass is 495 g/mol. The summed E-state index contributed by atoms with van der Waals surface area (Å²) in [6, 6.07) is 11.5. The third-order valence-corrected chi connectivity index (χ3v) is 6.42. The Morgan fingerprint density at radius 2 is 1.91 bits per heavy atom. The van der Waals surface area contributed by atoms with E-state index in [1.165, 1.54) is 11.1 Å². The maximum absolute atomic E-state index is 9.45. The topological polar surface area (TPSA) is 91.3 Å². The standard InChI is InChI=1S/C27H34ClN5O2/c1-17(2)35-25-15-22(20-9-11-29-12-10-20)18(3)14-24(25)32-27-31-16-23(28)26(33-27)30-13-8-19-4-6-21(34)7-5-19/h4-7,14-17,20,29,34H,8-13H2,1-3H3,(H2,30,31,32,33). The van der Waals surface area contributed by atoms with Gasteiger partial charge in [0.2, 0.25) is 5.95 Å². The molecule has 35 heavy (non-hydrogen) atoms. The van der Waals surface area contributed by atoms with Crippen molar-refractivity contribution in [3.63, 3.8) is 0 Å². The summed E-state index contributed by atoms with van der Waals surface area (Å²) in [5.41, 5.74) is 4.53. The van der Waals surface area contributed by atoms with E-state index >= 15 is 0 Å². The first-order chi connectivity index (χ1) is 16.9. The van der Waals surface area contributed by atoms with Crippen molar-refractivity contribution < 1.29 is 9.84 Å². The fourth-order valence-electron chi connectivity index (χ4n) is 4.39. The maximum atomic E-state index is 9.45. The SMILES string of the molecule is Cc1cc(Nc2ncc(Cl)c(NCCc3ccc(O)cc3)n2)c(OC(C)C)cc1C1CCNCC1. The number of aromatic hydroxyl groups is 1. The van der Waals surface area contributed by atoms with E-state index in [9.17, 15) is 5.11 Å². The molecular weight excluding hydrogens is 462 g/mol. The second-order valence-electron chi connectivity index (χ2n) is 9.25. The highest BCUT2D eigenvalue weighted by molar-refractivity contribution is 6.32. The van der Waals surface area contributed by atoms with E-state index in [-0.39, 0.29) is 11.9 Å². The summed E-state index contributed by atoms with van der Waals surface area (Å²) in [6.45, 7) is 8.95. The highest BCUT2D eigenvalue weighted by Gasteiger charge is 2.20. The Labute approximate surface area is 212 Å². The molecule has 0 radical (unpaired) electrons. The summed E-state index contributed by atoms with van der Waals surface area (Å²) in [5, 5.41) is 20.0. The van der Waals surface area contributed by atoms with Crippen molar-refractivity contribution in [1.29, 1.82) is 0 Å². The van der Waals surface area contributed by atoms with Crippen molar-refractivity contribution in [2.75, 3.05) is 30.3 Å². The van der Waals surface area contributed by atoms with Gasteiger partial charge in [-0.2, -0.15) is 4.98 Å². The van der Waals surface area contributed by atoms with E-state index < -0.39 is 0 Å². The number of piperidine rings is 1. The molecule has 1 saturated heterocycles. The Hall–Kier alpha value is -3.03. The van der Waals surface area contributed by atoms with Crippen molar-refractivity contribution in [3.05, 3.63) is 64.3 Å². The first-order valence-corrected chi connectivity index (χ1v) is 12.6. The Kier molecular flexibility index (Phi) is 8.31. The van der Waals surface area contributed by atoms with E-state index in [1.807, 2.05) is 26.0 Å². The number of phenolic OH excluding ortho intramolecular Hbond substituents is 1. The lowest BCUT2D eigenvalue weighted by atomic mass is 9.87. The molecule has 1 fully saturated rings. The smallest absolute Gasteiger partial charge is 0.229 e. The van der Waals surface area contributed by atoms with Gasteiger partial charge >= 0.3 is 0 Å². The Bertz CT molecular complexity index is 1130. The molecule has 0 bridgehead atoms. The first-order valence-electron chi connectivity index (χ1n) is 12.2. The third-order valence-electron chi connectivity index (χ3n) is 6.14. The number of anilines is 3. The molecule has 4 N–H and O–H groups in total. The second kappa shape index (κ2) is 11.6. The lowest BCUT2D eigenvalue weighted by molar-refractivity contribution is 0.243. The molecule has 0 spiro atoms. The lowest BCUT2D eigenvalue weighted by Gasteiger charge is -2.26. The molecule has 0 amide bonds. The molecule has 7 nitrogen and oxygen atoms in total. The molecule has 4 rings (SSSR count). The van der Waals surface area contributed by atoms with Crippen LogP contribution in [0.15, 0.2) is 42.6 Å². The predicted molar refractivity (Wildman–Crippen MR) is 142 cm³/mol. The summed E-state index contributed by atoms with van der Waals surface area (Å²) in [6.07, 6.45) is 4.68. The first kappa shape index (κ1) is 25.1. The fraction of sp³-hybridized carbons (Fsp3) is 0.407. The number of phenols is 1. The van der Waals surface area contributed by atoms with Crippen molar-refractivity contribution >= 4 is 29.1 Å². The Morgan fingerprint density at radius 1 is 1.17 bits per heavy atom. The molecule has 0 aliphatic carbocycles. The number of benzene rings is 2. The van der Waals surface area contributed by atoms with Crippen LogP contribution in [0.25, 0.3) is 0 Å². The van der Waals surface area contributed by atoms with Gasteiger partial charge < -0.3 is 25.8 Å². The van der Waals surface area contributed by atoms with Gasteiger partial charge in [0.1, 0.15) is 16.5 Å². The summed E-state index contributed by atoms with van der Waals surface area (Å²) in [4.78, 5) is 8.99. The number of rotatable bonds is 9. The van der Waals surface area contributed by atoms with Gasteiger partial charge in [0.25, 0.3) is 0 Å². The van der Waals surface area contributed by atoms with Crippen LogP contribution in [0.4, 0.5) is 17.5 Å². The van der Waals surface area contributed by atoms with Crippen LogP contribution in [0.1, 0.15) is 49.3 Å². The van der Waals surface area contributed by atoms with Gasteiger partial charge in [-0.25, -0.2) is 4.98 Å². The quantitative estimate of drug-likeness (QED) is 0.298. The Balaban J connectivity index is 1.51. The van der Waals surface area contributed by atoms with Gasteiger partial charge in [-0.15, -0.1) is 0 Å². The minimum atomic E-state index is 0.0439. The van der Waals surface area contributed by atoms with Gasteiger partial charge in [-0.05, 0) is 100.0 Å². The number of halogens is 1. The average molecular weight is 496 g/mol. The molecule has 0 atom stereocenters. The van der Waals surface area contributed by atoms with E-state index in [4.69, 9.17) is 16.3 Å². The van der Waals surface area contributed by atoms with Crippen molar-refractivity contribution in [2.24, 2.45) is 0 Å². The molecule has 1 aromatic heterocycles. The third kappa shape index (κ3) is 6.77. The van der Waals surface area contributed by atoms with Gasteiger partial charge in [0, 0.05) is 6.54 Å². The molecule has 2 heterocycles. The van der Waals surface area contributed by atoms with Crippen LogP contribution in [0.3, 0.4) is 0 Å². The zero-order chi connectivity index (χ0) is 24.8. The van der Waals surface area contributed by atoms with E-state index in [1.54, 1.807) is 18.3 Å². The average Bonchev–Trinajstić information content (AvgIpc) is 2.84. The minimum absolute atomic E-state index is 0.0439. The van der Waals surface area contributed by atoms with Gasteiger partial charge in [0.05, 0.1) is 18.0 Å². The van der Waals surface area contributed by atoms with Gasteiger partial charge in [-0.1, -0.05) is 23.7 Å². The largest absolute Gasteiger partial charge is 0.508 e. The summed E-state index contributed by atoms with van der Waals surface area (Å²) >= 11 is 6.36. The van der Waals surface area contributed by atoms with Crippen LogP contribution in [-0.2, 0) is 6.42 Å². The maximum Gasteiger partial charge on any atom is 0.229 e. The van der Waals surface area contributed by atoms with Crippen LogP contribution >= 0.6 is 11.6 Å². The lowest BCUT2D eigenvalue weighted by Crippen LogP contribution is -2.27. The minimum Gasteiger partial charge on any atom is -0.508 e. The van der Waals surface area contributed by atoms with Crippen LogP contribution in [0, 0.1) is 6.92 Å². The van der Waals surface area contributed by atoms with Crippen LogP contribution < -0.4 is 20.7 Å². The molecule has 0 unspecified atom stereocenters. The zero-order valence-electron chi connectivity index (χ0n) is 20.6. The highest BCUT2D eigenvalue weighted by atomic mass is 35.5. The number of ether oxygens (including phenoxy) is 1. The molecule has 1 aliphatic heterocycles. The number of hydrogen-bond acceptors (Lipinski definition) is 7. The molecule has 2 aromatic carbocycles. The predicted octanol–water partition coefficient (Wildman–Crippen LogP) is 5.80. The molecule has 186 valence electrons. The molecule has 0 saturated carbocycles. The van der Waals surface area contributed by atoms with Crippen LogP contribution in [0.2, 0.25) is 5.02 Å². The summed E-state index contributed by atoms with van der Waals surface area (Å²) in [5.74, 6) is 2.62. The molecule has 8 heteroatoms. The second-order valence-corrected chi connectivity index (χ2v) is 9.66. The van der Waals surface area contributed by atoms with Crippen molar-refractivity contribution in [1.82, 2.24) is 15.3 Å². The summed E-state index contributed by atoms with van der Waals surface area (Å²) < 4.78 is 6.19. The van der Waals surface area contributed by atoms with E-state index in [0.717, 1.165) is 49.4 Å². The van der Waals surface area contributed by atoms with Gasteiger partial charge in [0.15, 0.2) is 5.82 Å².